The van der Waals surface area contributed by atoms with E-state index in [1.54, 1.807) is 6.07 Å². The summed E-state index contributed by atoms with van der Waals surface area (Å²) in [6, 6.07) is 5.03. The summed E-state index contributed by atoms with van der Waals surface area (Å²) in [7, 11) is 0. The number of aliphatic hydroxyl groups is 1. The summed E-state index contributed by atoms with van der Waals surface area (Å²) < 4.78 is 0. The molecule has 0 saturated carbocycles. The van der Waals surface area contributed by atoms with Gasteiger partial charge in [0.1, 0.15) is 5.75 Å². The van der Waals surface area contributed by atoms with Crippen molar-refractivity contribution in [3.05, 3.63) is 29.3 Å². The van der Waals surface area contributed by atoms with Gasteiger partial charge >= 0.3 is 0 Å². The van der Waals surface area contributed by atoms with Gasteiger partial charge in [-0.3, -0.25) is 0 Å². The molecule has 1 atom stereocenters. The standard InChI is InChI=1S/C12H19NO2/c1-8-4-5-9(10(15)6-8)11(13)12(2,3)7-14/h4-6,11,14-15H,7,13H2,1-3H3/t11-/m0/s1. The Labute approximate surface area is 90.5 Å². The van der Waals surface area contributed by atoms with Crippen LogP contribution in [0.5, 0.6) is 5.75 Å². The second kappa shape index (κ2) is 4.21. The molecule has 0 aliphatic carbocycles. The molecule has 0 radical (unpaired) electrons. The van der Waals surface area contributed by atoms with E-state index in [4.69, 9.17) is 5.73 Å². The average Bonchev–Trinajstić information content (AvgIpc) is 2.17. The highest BCUT2D eigenvalue weighted by Gasteiger charge is 2.28. The molecule has 0 saturated heterocycles. The molecule has 84 valence electrons. The van der Waals surface area contributed by atoms with Crippen molar-refractivity contribution in [3.8, 4) is 5.75 Å². The van der Waals surface area contributed by atoms with Crippen molar-refractivity contribution in [3.63, 3.8) is 0 Å². The van der Waals surface area contributed by atoms with E-state index in [9.17, 15) is 10.2 Å². The van der Waals surface area contributed by atoms with Crippen molar-refractivity contribution < 1.29 is 10.2 Å². The smallest absolute Gasteiger partial charge is 0.120 e. The van der Waals surface area contributed by atoms with E-state index in [0.717, 1.165) is 5.56 Å². The topological polar surface area (TPSA) is 66.5 Å². The van der Waals surface area contributed by atoms with Crippen molar-refractivity contribution in [1.29, 1.82) is 0 Å². The second-order valence-corrected chi connectivity index (χ2v) is 4.69. The van der Waals surface area contributed by atoms with Crippen molar-refractivity contribution in [2.24, 2.45) is 11.1 Å². The highest BCUT2D eigenvalue weighted by Crippen LogP contribution is 2.35. The van der Waals surface area contributed by atoms with E-state index in [1.807, 2.05) is 32.9 Å². The van der Waals surface area contributed by atoms with E-state index in [-0.39, 0.29) is 18.4 Å². The number of phenols is 1. The fourth-order valence-electron chi connectivity index (χ4n) is 1.44. The van der Waals surface area contributed by atoms with Crippen LogP contribution < -0.4 is 5.73 Å². The van der Waals surface area contributed by atoms with Crippen LogP contribution in [0.4, 0.5) is 0 Å². The third-order valence-corrected chi connectivity index (χ3v) is 2.77. The van der Waals surface area contributed by atoms with E-state index >= 15 is 0 Å². The molecule has 0 amide bonds. The predicted octanol–water partition coefficient (Wildman–Crippen LogP) is 1.72. The first-order valence-corrected chi connectivity index (χ1v) is 5.04. The first kappa shape index (κ1) is 12.0. The number of rotatable bonds is 3. The number of hydrogen-bond acceptors (Lipinski definition) is 3. The number of benzene rings is 1. The fourth-order valence-corrected chi connectivity index (χ4v) is 1.44. The Hall–Kier alpha value is -1.06. The molecule has 0 heterocycles. The maximum atomic E-state index is 9.76. The Morgan fingerprint density at radius 3 is 2.47 bits per heavy atom. The van der Waals surface area contributed by atoms with Crippen LogP contribution in [0.1, 0.15) is 31.0 Å². The molecule has 3 nitrogen and oxygen atoms in total. The van der Waals surface area contributed by atoms with Gasteiger partial charge in [-0.25, -0.2) is 0 Å². The van der Waals surface area contributed by atoms with Crippen LogP contribution in [0.25, 0.3) is 0 Å². The molecule has 0 aliphatic rings. The van der Waals surface area contributed by atoms with E-state index in [1.165, 1.54) is 0 Å². The van der Waals surface area contributed by atoms with Crippen LogP contribution in [0.2, 0.25) is 0 Å². The minimum absolute atomic E-state index is 0.0124. The second-order valence-electron chi connectivity index (χ2n) is 4.69. The van der Waals surface area contributed by atoms with Gasteiger partial charge in [-0.15, -0.1) is 0 Å². The molecule has 1 aromatic carbocycles. The summed E-state index contributed by atoms with van der Waals surface area (Å²) in [6.45, 7) is 5.64. The Bertz CT molecular complexity index is 347. The van der Waals surface area contributed by atoms with Gasteiger partial charge in [0.05, 0.1) is 0 Å². The Kier molecular flexibility index (Phi) is 3.37. The SMILES string of the molecule is Cc1ccc([C@H](N)C(C)(C)CO)c(O)c1. The van der Waals surface area contributed by atoms with Crippen LogP contribution in [-0.2, 0) is 0 Å². The zero-order chi connectivity index (χ0) is 11.6. The normalized spacial score (nSPS) is 13.9. The summed E-state index contributed by atoms with van der Waals surface area (Å²) in [6.07, 6.45) is 0. The molecule has 3 heteroatoms. The lowest BCUT2D eigenvalue weighted by atomic mass is 9.81. The number of aromatic hydroxyl groups is 1. The molecule has 1 rings (SSSR count). The highest BCUT2D eigenvalue weighted by molar-refractivity contribution is 5.38. The van der Waals surface area contributed by atoms with Crippen LogP contribution in [0.15, 0.2) is 18.2 Å². The zero-order valence-corrected chi connectivity index (χ0v) is 9.49. The van der Waals surface area contributed by atoms with Crippen LogP contribution >= 0.6 is 0 Å². The summed E-state index contributed by atoms with van der Waals surface area (Å²) in [4.78, 5) is 0. The molecule has 0 aliphatic heterocycles. The Morgan fingerprint density at radius 1 is 1.40 bits per heavy atom. The summed E-state index contributed by atoms with van der Waals surface area (Å²) in [5.41, 5.74) is 7.25. The molecule has 0 fully saturated rings. The third-order valence-electron chi connectivity index (χ3n) is 2.77. The number of aliphatic hydroxyl groups excluding tert-OH is 1. The summed E-state index contributed by atoms with van der Waals surface area (Å²) in [5, 5.41) is 19.0. The van der Waals surface area contributed by atoms with E-state index in [2.05, 4.69) is 0 Å². The highest BCUT2D eigenvalue weighted by atomic mass is 16.3. The fraction of sp³-hybridized carbons (Fsp3) is 0.500. The van der Waals surface area contributed by atoms with E-state index < -0.39 is 5.41 Å². The lowest BCUT2D eigenvalue weighted by molar-refractivity contribution is 0.131. The molecule has 0 aromatic heterocycles. The minimum atomic E-state index is -0.438. The number of aryl methyl sites for hydroxylation is 1. The molecule has 4 N–H and O–H groups in total. The quantitative estimate of drug-likeness (QED) is 0.710. The summed E-state index contributed by atoms with van der Waals surface area (Å²) in [5.74, 6) is 0.198. The zero-order valence-electron chi connectivity index (χ0n) is 9.49. The summed E-state index contributed by atoms with van der Waals surface area (Å²) >= 11 is 0. The number of hydrogen-bond donors (Lipinski definition) is 3. The van der Waals surface area contributed by atoms with Crippen molar-refractivity contribution in [2.45, 2.75) is 26.8 Å². The molecule has 0 spiro atoms. The third kappa shape index (κ3) is 2.49. The lowest BCUT2D eigenvalue weighted by Gasteiger charge is -2.30. The first-order chi connectivity index (χ1) is 6.88. The maximum absolute atomic E-state index is 9.76. The van der Waals surface area contributed by atoms with Gasteiger partial charge in [-0.1, -0.05) is 26.0 Å². The maximum Gasteiger partial charge on any atom is 0.120 e. The van der Waals surface area contributed by atoms with Crippen molar-refractivity contribution in [1.82, 2.24) is 0 Å². The van der Waals surface area contributed by atoms with Gasteiger partial charge in [0, 0.05) is 23.6 Å². The van der Waals surface area contributed by atoms with Gasteiger partial charge in [0.25, 0.3) is 0 Å². The monoisotopic (exact) mass is 209 g/mol. The minimum Gasteiger partial charge on any atom is -0.508 e. The molecule has 15 heavy (non-hydrogen) atoms. The van der Waals surface area contributed by atoms with Crippen molar-refractivity contribution >= 4 is 0 Å². The molecule has 0 bridgehead atoms. The molecule has 1 aromatic rings. The average molecular weight is 209 g/mol. The molecular weight excluding hydrogens is 190 g/mol. The predicted molar refractivity (Wildman–Crippen MR) is 60.6 cm³/mol. The molecular formula is C12H19NO2. The Morgan fingerprint density at radius 2 is 2.00 bits per heavy atom. The van der Waals surface area contributed by atoms with Gasteiger partial charge in [-0.2, -0.15) is 0 Å². The van der Waals surface area contributed by atoms with Gasteiger partial charge in [0.2, 0.25) is 0 Å². The van der Waals surface area contributed by atoms with Gasteiger partial charge in [0.15, 0.2) is 0 Å². The van der Waals surface area contributed by atoms with Crippen LogP contribution in [0.3, 0.4) is 0 Å². The Balaban J connectivity index is 3.06. The van der Waals surface area contributed by atoms with Crippen molar-refractivity contribution in [2.75, 3.05) is 6.61 Å². The van der Waals surface area contributed by atoms with Gasteiger partial charge < -0.3 is 15.9 Å². The van der Waals surface area contributed by atoms with Crippen LogP contribution in [0, 0.1) is 12.3 Å². The molecule has 0 unspecified atom stereocenters. The first-order valence-electron chi connectivity index (χ1n) is 5.04. The largest absolute Gasteiger partial charge is 0.508 e. The van der Waals surface area contributed by atoms with E-state index in [0.29, 0.717) is 5.56 Å². The number of nitrogens with two attached hydrogens (primary N) is 1. The van der Waals surface area contributed by atoms with Crippen LogP contribution in [-0.4, -0.2) is 16.8 Å². The lowest BCUT2D eigenvalue weighted by Crippen LogP contribution is -2.32. The van der Waals surface area contributed by atoms with Gasteiger partial charge in [-0.05, 0) is 18.6 Å². The number of phenolic OH excluding ortho intramolecular Hbond substituents is 1.